The van der Waals surface area contributed by atoms with Crippen molar-refractivity contribution in [2.45, 2.75) is 13.1 Å². The summed E-state index contributed by atoms with van der Waals surface area (Å²) in [5.41, 5.74) is 5.80. The summed E-state index contributed by atoms with van der Waals surface area (Å²) < 4.78 is 0. The Bertz CT molecular complexity index is 1040. The number of piperazine rings is 1. The van der Waals surface area contributed by atoms with Gasteiger partial charge in [-0.25, -0.2) is 0 Å². The van der Waals surface area contributed by atoms with E-state index >= 15 is 0 Å². The van der Waals surface area contributed by atoms with Gasteiger partial charge in [-0.2, -0.15) is 0 Å². The summed E-state index contributed by atoms with van der Waals surface area (Å²) in [6.45, 7) is 6.62. The topological polar surface area (TPSA) is 50.9 Å². The molecule has 166 valence electrons. The second kappa shape index (κ2) is 8.88. The Hall–Kier alpha value is -2.96. The van der Waals surface area contributed by atoms with Crippen LogP contribution in [-0.4, -0.2) is 66.0 Å². The van der Waals surface area contributed by atoms with E-state index in [2.05, 4.69) is 69.1 Å². The van der Waals surface area contributed by atoms with E-state index in [-0.39, 0.29) is 12.1 Å². The van der Waals surface area contributed by atoms with Crippen LogP contribution in [0.15, 0.2) is 77.8 Å². The molecule has 1 saturated heterocycles. The maximum Gasteiger partial charge on any atom is 0.219 e. The molecule has 32 heavy (non-hydrogen) atoms. The highest BCUT2D eigenvalue weighted by molar-refractivity contribution is 6.30. The zero-order valence-corrected chi connectivity index (χ0v) is 19.0. The molecule has 6 nitrogen and oxygen atoms in total. The van der Waals surface area contributed by atoms with Crippen molar-refractivity contribution in [1.82, 2.24) is 25.3 Å². The number of hydrogen-bond acceptors (Lipinski definition) is 5. The van der Waals surface area contributed by atoms with E-state index in [9.17, 15) is 4.79 Å². The fraction of sp³-hybridized carbons (Fsp3) is 0.320. The summed E-state index contributed by atoms with van der Waals surface area (Å²) in [6.07, 6.45) is 13.0. The molecule has 2 N–H and O–H groups in total. The minimum absolute atomic E-state index is 0.0812. The summed E-state index contributed by atoms with van der Waals surface area (Å²) in [5.74, 6) is 0.157. The third-order valence-electron chi connectivity index (χ3n) is 6.37. The van der Waals surface area contributed by atoms with Crippen LogP contribution in [0.4, 0.5) is 0 Å². The Kier molecular flexibility index (Phi) is 5.81. The van der Waals surface area contributed by atoms with Crippen LogP contribution in [0.3, 0.4) is 0 Å². The second-order valence-corrected chi connectivity index (χ2v) is 8.88. The monoisotopic (exact) mass is 449 g/mol. The maximum absolute atomic E-state index is 11.7. The lowest BCUT2D eigenvalue weighted by atomic mass is 10.1. The quantitative estimate of drug-likeness (QED) is 0.740. The number of benzene rings is 1. The van der Waals surface area contributed by atoms with Crippen molar-refractivity contribution >= 4 is 23.2 Å². The lowest BCUT2D eigenvalue weighted by Gasteiger charge is -2.36. The predicted molar refractivity (Wildman–Crippen MR) is 128 cm³/mol. The standard InChI is InChI=1S/C25H28ClN5O/c1-18(32)30-14-12-29(13-15-30)17-23-25(19-5-8-21(26)9-6-19)28-24-10-7-20(16-31(23)24)22-4-2-3-11-27-22/h2-10,16,24,27-28H,11-15,17H2,1H3. The van der Waals surface area contributed by atoms with Crippen LogP contribution in [0.2, 0.25) is 5.02 Å². The fourth-order valence-corrected chi connectivity index (χ4v) is 4.69. The van der Waals surface area contributed by atoms with Gasteiger partial charge in [0.05, 0.1) is 11.4 Å². The van der Waals surface area contributed by atoms with Gasteiger partial charge in [-0.3, -0.25) is 9.69 Å². The maximum atomic E-state index is 11.7. The van der Waals surface area contributed by atoms with Crippen molar-refractivity contribution in [1.29, 1.82) is 0 Å². The van der Waals surface area contributed by atoms with Gasteiger partial charge in [0.15, 0.2) is 0 Å². The first kappa shape index (κ1) is 20.9. The summed E-state index contributed by atoms with van der Waals surface area (Å²) in [5, 5.41) is 7.90. The number of halogens is 1. The average molecular weight is 450 g/mol. The first-order chi connectivity index (χ1) is 15.6. The molecule has 1 amide bonds. The highest BCUT2D eigenvalue weighted by Gasteiger charge is 2.33. The van der Waals surface area contributed by atoms with E-state index in [1.165, 1.54) is 11.3 Å². The molecule has 4 heterocycles. The van der Waals surface area contributed by atoms with Gasteiger partial charge >= 0.3 is 0 Å². The number of rotatable bonds is 4. The molecule has 1 aromatic carbocycles. The molecule has 1 atom stereocenters. The fourth-order valence-electron chi connectivity index (χ4n) is 4.56. The Morgan fingerprint density at radius 1 is 1.16 bits per heavy atom. The molecule has 4 aliphatic rings. The molecule has 0 aliphatic carbocycles. The van der Waals surface area contributed by atoms with Gasteiger partial charge in [0.1, 0.15) is 6.17 Å². The van der Waals surface area contributed by atoms with Crippen LogP contribution in [0.25, 0.3) is 5.70 Å². The lowest BCUT2D eigenvalue weighted by molar-refractivity contribution is -0.130. The molecule has 1 unspecified atom stereocenters. The van der Waals surface area contributed by atoms with E-state index in [1.54, 1.807) is 6.92 Å². The van der Waals surface area contributed by atoms with Gasteiger partial charge in [-0.15, -0.1) is 0 Å². The predicted octanol–water partition coefficient (Wildman–Crippen LogP) is 2.90. The van der Waals surface area contributed by atoms with E-state index < -0.39 is 0 Å². The molecule has 0 radical (unpaired) electrons. The number of amides is 1. The number of carbonyl (C=O) groups excluding carboxylic acids is 1. The number of nitrogens with zero attached hydrogens (tertiary/aromatic N) is 3. The van der Waals surface area contributed by atoms with Crippen LogP contribution >= 0.6 is 11.6 Å². The number of dihydropyridines is 1. The minimum Gasteiger partial charge on any atom is -0.381 e. The van der Waals surface area contributed by atoms with Crippen molar-refractivity contribution in [3.8, 4) is 0 Å². The van der Waals surface area contributed by atoms with Crippen LogP contribution in [0.5, 0.6) is 0 Å². The molecule has 5 rings (SSSR count). The van der Waals surface area contributed by atoms with Crippen LogP contribution in [0, 0.1) is 0 Å². The van der Waals surface area contributed by atoms with Crippen LogP contribution in [-0.2, 0) is 4.79 Å². The molecule has 0 aromatic heterocycles. The number of carbonyl (C=O) groups is 1. The third-order valence-corrected chi connectivity index (χ3v) is 6.62. The molecular formula is C25H28ClN5O. The highest BCUT2D eigenvalue weighted by Crippen LogP contribution is 2.33. The molecule has 7 heteroatoms. The lowest BCUT2D eigenvalue weighted by Crippen LogP contribution is -2.49. The number of hydrogen-bond donors (Lipinski definition) is 2. The van der Waals surface area contributed by atoms with Crippen molar-refractivity contribution in [3.63, 3.8) is 0 Å². The molecule has 0 saturated carbocycles. The first-order valence-electron chi connectivity index (χ1n) is 11.1. The summed E-state index contributed by atoms with van der Waals surface area (Å²) in [4.78, 5) is 18.4. The summed E-state index contributed by atoms with van der Waals surface area (Å²) in [6, 6.07) is 8.01. The minimum atomic E-state index is 0.0812. The molecule has 4 aliphatic heterocycles. The first-order valence-corrected chi connectivity index (χ1v) is 11.5. The van der Waals surface area contributed by atoms with E-state index in [4.69, 9.17) is 11.6 Å². The smallest absolute Gasteiger partial charge is 0.219 e. The van der Waals surface area contributed by atoms with Crippen molar-refractivity contribution in [2.75, 3.05) is 39.3 Å². The number of allylic oxidation sites excluding steroid dienone is 3. The molecule has 0 spiro atoms. The number of fused-ring (bicyclic) bond motifs is 1. The molecular weight excluding hydrogens is 422 g/mol. The zero-order chi connectivity index (χ0) is 22.1. The van der Waals surface area contributed by atoms with Gasteiger partial charge in [-0.1, -0.05) is 42.0 Å². The van der Waals surface area contributed by atoms with Gasteiger partial charge in [-0.05, 0) is 29.8 Å². The highest BCUT2D eigenvalue weighted by atomic mass is 35.5. The van der Waals surface area contributed by atoms with E-state index in [1.807, 2.05) is 17.0 Å². The largest absolute Gasteiger partial charge is 0.381 e. The SMILES string of the molecule is CC(=O)N1CCN(CC2=C(c3ccc(Cl)cc3)NC3C=CC(C4=CC=CCN4)=CN23)CC1. The van der Waals surface area contributed by atoms with Gasteiger partial charge in [0.25, 0.3) is 0 Å². The van der Waals surface area contributed by atoms with Gasteiger partial charge in [0.2, 0.25) is 5.91 Å². The van der Waals surface area contributed by atoms with E-state index in [0.717, 1.165) is 61.2 Å². The van der Waals surface area contributed by atoms with Crippen molar-refractivity contribution in [3.05, 3.63) is 88.4 Å². The molecule has 1 fully saturated rings. The Morgan fingerprint density at radius 2 is 1.94 bits per heavy atom. The Morgan fingerprint density at radius 3 is 2.62 bits per heavy atom. The van der Waals surface area contributed by atoms with Crippen molar-refractivity contribution in [2.24, 2.45) is 0 Å². The normalized spacial score (nSPS) is 22.9. The van der Waals surface area contributed by atoms with Gasteiger partial charge < -0.3 is 20.4 Å². The number of nitrogens with one attached hydrogen (secondary N) is 2. The average Bonchev–Trinajstić information content (AvgIpc) is 3.18. The summed E-state index contributed by atoms with van der Waals surface area (Å²) in [7, 11) is 0. The van der Waals surface area contributed by atoms with Gasteiger partial charge in [0, 0.05) is 68.7 Å². The van der Waals surface area contributed by atoms with E-state index in [0.29, 0.717) is 0 Å². The molecule has 1 aromatic rings. The third kappa shape index (κ3) is 4.20. The Balaban J connectivity index is 1.45. The van der Waals surface area contributed by atoms with Crippen LogP contribution < -0.4 is 10.6 Å². The Labute approximate surface area is 194 Å². The van der Waals surface area contributed by atoms with Crippen LogP contribution in [0.1, 0.15) is 12.5 Å². The second-order valence-electron chi connectivity index (χ2n) is 8.44. The molecule has 0 bridgehead atoms. The zero-order valence-electron chi connectivity index (χ0n) is 18.2. The van der Waals surface area contributed by atoms with Crippen molar-refractivity contribution < 1.29 is 4.79 Å². The summed E-state index contributed by atoms with van der Waals surface area (Å²) >= 11 is 6.15.